The molecule has 3 nitrogen and oxygen atoms in total. The van der Waals surface area contributed by atoms with Gasteiger partial charge in [0.05, 0.1) is 0 Å². The zero-order chi connectivity index (χ0) is 10.2. The molecule has 0 aliphatic heterocycles. The van der Waals surface area contributed by atoms with Crippen LogP contribution in [0, 0.1) is 11.8 Å². The third-order valence-corrected chi connectivity index (χ3v) is 4.98. The molecular weight excluding hydrogens is 190 g/mol. The van der Waals surface area contributed by atoms with E-state index in [0.717, 1.165) is 23.0 Å². The molecule has 0 spiro atoms. The number of rotatable bonds is 0. The maximum atomic E-state index is 9.81. The van der Waals surface area contributed by atoms with Crippen molar-refractivity contribution in [1.29, 1.82) is 0 Å². The van der Waals surface area contributed by atoms with Crippen molar-refractivity contribution < 1.29 is 10.2 Å². The third-order valence-electron chi connectivity index (χ3n) is 4.98. The van der Waals surface area contributed by atoms with Gasteiger partial charge < -0.3 is 10.2 Å². The standard InChI is InChI=1S/C12H15NO2/c14-11-9-7-3-4-8(6-2-1-5(6)7)10(9)12(15)13-11/h5-8,13-15H,1-4H2. The molecule has 0 amide bonds. The van der Waals surface area contributed by atoms with E-state index >= 15 is 0 Å². The SMILES string of the molecule is Oc1[nH]c(O)c2c1C1CCC2C2CCC12. The molecule has 0 radical (unpaired) electrons. The van der Waals surface area contributed by atoms with Gasteiger partial charge in [0.15, 0.2) is 11.8 Å². The Morgan fingerprint density at radius 3 is 1.67 bits per heavy atom. The number of hydrogen-bond acceptors (Lipinski definition) is 2. The summed E-state index contributed by atoms with van der Waals surface area (Å²) in [5, 5.41) is 19.6. The summed E-state index contributed by atoms with van der Waals surface area (Å²) >= 11 is 0. The first-order valence-corrected chi connectivity index (χ1v) is 5.91. The monoisotopic (exact) mass is 205 g/mol. The van der Waals surface area contributed by atoms with Crippen LogP contribution in [-0.4, -0.2) is 15.2 Å². The molecule has 4 atom stereocenters. The highest BCUT2D eigenvalue weighted by atomic mass is 16.3. The molecule has 80 valence electrons. The molecule has 0 saturated heterocycles. The van der Waals surface area contributed by atoms with Gasteiger partial charge in [0, 0.05) is 11.1 Å². The van der Waals surface area contributed by atoms with Crippen LogP contribution in [0.1, 0.15) is 48.6 Å². The summed E-state index contributed by atoms with van der Waals surface area (Å²) in [6.07, 6.45) is 5.03. The molecule has 4 aliphatic carbocycles. The number of fused-ring (bicyclic) bond motifs is 1. The summed E-state index contributed by atoms with van der Waals surface area (Å²) < 4.78 is 0. The average molecular weight is 205 g/mol. The highest BCUT2D eigenvalue weighted by molar-refractivity contribution is 5.52. The normalized spacial score (nSPS) is 40.8. The van der Waals surface area contributed by atoms with E-state index in [1.54, 1.807) is 0 Å². The number of aromatic amines is 1. The number of nitrogens with one attached hydrogen (secondary N) is 1. The lowest BCUT2D eigenvalue weighted by atomic mass is 9.49. The number of H-pyrrole nitrogens is 1. The molecule has 0 aromatic carbocycles. The molecule has 3 N–H and O–H groups in total. The summed E-state index contributed by atoms with van der Waals surface area (Å²) in [5.74, 6) is 3.06. The summed E-state index contributed by atoms with van der Waals surface area (Å²) in [4.78, 5) is 2.70. The first-order chi connectivity index (χ1) is 7.27. The van der Waals surface area contributed by atoms with Crippen molar-refractivity contribution in [2.45, 2.75) is 37.5 Å². The summed E-state index contributed by atoms with van der Waals surface area (Å²) in [7, 11) is 0. The van der Waals surface area contributed by atoms with E-state index in [0.29, 0.717) is 11.8 Å². The van der Waals surface area contributed by atoms with Gasteiger partial charge in [-0.25, -0.2) is 0 Å². The molecule has 4 unspecified atom stereocenters. The smallest absolute Gasteiger partial charge is 0.195 e. The molecule has 1 aromatic heterocycles. The molecule has 15 heavy (non-hydrogen) atoms. The van der Waals surface area contributed by atoms with Crippen LogP contribution in [0.15, 0.2) is 0 Å². The van der Waals surface area contributed by atoms with Gasteiger partial charge in [-0.3, -0.25) is 4.98 Å². The minimum Gasteiger partial charge on any atom is -0.494 e. The highest BCUT2D eigenvalue weighted by Crippen LogP contribution is 2.66. The first kappa shape index (κ1) is 8.08. The number of hydrogen-bond donors (Lipinski definition) is 3. The molecule has 4 aliphatic rings. The Hall–Kier alpha value is -1.12. The molecule has 5 rings (SSSR count). The van der Waals surface area contributed by atoms with Crippen LogP contribution in [0.4, 0.5) is 0 Å². The van der Waals surface area contributed by atoms with Gasteiger partial charge in [0.25, 0.3) is 0 Å². The Labute approximate surface area is 88.1 Å². The molecule has 2 bridgehead atoms. The van der Waals surface area contributed by atoms with Crippen molar-refractivity contribution in [3.63, 3.8) is 0 Å². The third kappa shape index (κ3) is 0.757. The molecule has 3 heteroatoms. The first-order valence-electron chi connectivity index (χ1n) is 5.91. The minimum atomic E-state index is 0.225. The average Bonchev–Trinajstić information content (AvgIpc) is 2.44. The second-order valence-corrected chi connectivity index (χ2v) is 5.34. The summed E-state index contributed by atoms with van der Waals surface area (Å²) in [6, 6.07) is 0. The zero-order valence-corrected chi connectivity index (χ0v) is 8.53. The van der Waals surface area contributed by atoms with Crippen LogP contribution < -0.4 is 0 Å². The van der Waals surface area contributed by atoms with Gasteiger partial charge >= 0.3 is 0 Å². The van der Waals surface area contributed by atoms with Gasteiger partial charge in [-0.1, -0.05) is 0 Å². The van der Waals surface area contributed by atoms with Crippen molar-refractivity contribution in [2.75, 3.05) is 0 Å². The Bertz CT molecular complexity index is 399. The van der Waals surface area contributed by atoms with Crippen molar-refractivity contribution in [3.05, 3.63) is 11.1 Å². The lowest BCUT2D eigenvalue weighted by Gasteiger charge is -2.54. The van der Waals surface area contributed by atoms with E-state index in [2.05, 4.69) is 4.98 Å². The molecule has 2 fully saturated rings. The van der Waals surface area contributed by atoms with Gasteiger partial charge in [-0.2, -0.15) is 0 Å². The van der Waals surface area contributed by atoms with Gasteiger partial charge in [-0.05, 0) is 49.4 Å². The Kier molecular flexibility index (Phi) is 1.26. The largest absolute Gasteiger partial charge is 0.494 e. The maximum Gasteiger partial charge on any atom is 0.195 e. The van der Waals surface area contributed by atoms with Gasteiger partial charge in [-0.15, -0.1) is 0 Å². The number of aromatic nitrogens is 1. The number of aromatic hydroxyl groups is 2. The fourth-order valence-corrected chi connectivity index (χ4v) is 4.31. The minimum absolute atomic E-state index is 0.225. The Morgan fingerprint density at radius 2 is 1.27 bits per heavy atom. The van der Waals surface area contributed by atoms with E-state index in [1.807, 2.05) is 0 Å². The second-order valence-electron chi connectivity index (χ2n) is 5.34. The van der Waals surface area contributed by atoms with Crippen LogP contribution in [0.3, 0.4) is 0 Å². The predicted octanol–water partition coefficient (Wildman–Crippen LogP) is 2.43. The van der Waals surface area contributed by atoms with E-state index in [4.69, 9.17) is 0 Å². The van der Waals surface area contributed by atoms with E-state index in [9.17, 15) is 10.2 Å². The molecular formula is C12H15NO2. The lowest BCUT2D eigenvalue weighted by molar-refractivity contribution is 0.0480. The quantitative estimate of drug-likeness (QED) is 0.609. The molecule has 2 saturated carbocycles. The van der Waals surface area contributed by atoms with Crippen LogP contribution in [-0.2, 0) is 0 Å². The van der Waals surface area contributed by atoms with Crippen molar-refractivity contribution >= 4 is 0 Å². The fraction of sp³-hybridized carbons (Fsp3) is 0.667. The summed E-state index contributed by atoms with van der Waals surface area (Å²) in [5.41, 5.74) is 2.09. The van der Waals surface area contributed by atoms with E-state index < -0.39 is 0 Å². The lowest BCUT2D eigenvalue weighted by Crippen LogP contribution is -2.43. The predicted molar refractivity (Wildman–Crippen MR) is 55.1 cm³/mol. The van der Waals surface area contributed by atoms with Crippen LogP contribution >= 0.6 is 0 Å². The van der Waals surface area contributed by atoms with Crippen molar-refractivity contribution in [1.82, 2.24) is 4.98 Å². The van der Waals surface area contributed by atoms with Crippen molar-refractivity contribution in [2.24, 2.45) is 11.8 Å². The Balaban J connectivity index is 1.97. The molecule has 1 heterocycles. The van der Waals surface area contributed by atoms with Crippen molar-refractivity contribution in [3.8, 4) is 11.8 Å². The van der Waals surface area contributed by atoms with E-state index in [1.165, 1.54) is 25.7 Å². The summed E-state index contributed by atoms with van der Waals surface area (Å²) in [6.45, 7) is 0. The zero-order valence-electron chi connectivity index (χ0n) is 8.53. The van der Waals surface area contributed by atoms with Crippen LogP contribution in [0.5, 0.6) is 11.8 Å². The van der Waals surface area contributed by atoms with Gasteiger partial charge in [0.2, 0.25) is 0 Å². The maximum absolute atomic E-state index is 9.81. The molecule has 1 aromatic rings. The fourth-order valence-electron chi connectivity index (χ4n) is 4.31. The van der Waals surface area contributed by atoms with E-state index in [-0.39, 0.29) is 11.8 Å². The van der Waals surface area contributed by atoms with Gasteiger partial charge in [0.1, 0.15) is 0 Å². The Morgan fingerprint density at radius 1 is 0.800 bits per heavy atom. The van der Waals surface area contributed by atoms with Crippen LogP contribution in [0.2, 0.25) is 0 Å². The topological polar surface area (TPSA) is 56.2 Å². The highest BCUT2D eigenvalue weighted by Gasteiger charge is 2.53. The van der Waals surface area contributed by atoms with Crippen LogP contribution in [0.25, 0.3) is 0 Å². The second kappa shape index (κ2) is 2.34.